The Morgan fingerprint density at radius 2 is 1.29 bits per heavy atom. The van der Waals surface area contributed by atoms with Crippen LogP contribution in [0.1, 0.15) is 45.4 Å². The van der Waals surface area contributed by atoms with Gasteiger partial charge in [0, 0.05) is 38.0 Å². The Hall–Kier alpha value is -1.10. The summed E-state index contributed by atoms with van der Waals surface area (Å²) in [6.07, 6.45) is 5.01. The highest BCUT2D eigenvalue weighted by Gasteiger charge is 2.37. The van der Waals surface area contributed by atoms with Crippen LogP contribution in [0.15, 0.2) is 0 Å². The summed E-state index contributed by atoms with van der Waals surface area (Å²) < 4.78 is 0. The van der Waals surface area contributed by atoms with Gasteiger partial charge in [-0.2, -0.15) is 0 Å². The molecular weight excluding hydrogens is 268 g/mol. The maximum Gasteiger partial charge on any atom is 0.225 e. The zero-order valence-electron chi connectivity index (χ0n) is 12.9. The lowest BCUT2D eigenvalue weighted by molar-refractivity contribution is -0.143. The predicted octanol–water partition coefficient (Wildman–Crippen LogP) is 1.01. The fourth-order valence-electron chi connectivity index (χ4n) is 3.40. The molecule has 0 aromatic rings. The summed E-state index contributed by atoms with van der Waals surface area (Å²) in [6, 6.07) is 0. The molecule has 2 heterocycles. The second-order valence-corrected chi connectivity index (χ2v) is 7.20. The first-order chi connectivity index (χ1) is 9.96. The van der Waals surface area contributed by atoms with Gasteiger partial charge < -0.3 is 14.9 Å². The van der Waals surface area contributed by atoms with Gasteiger partial charge in [-0.05, 0) is 45.4 Å². The number of likely N-dealkylation sites (tertiary alicyclic amines) is 2. The Labute approximate surface area is 126 Å². The molecule has 2 amide bonds. The SMILES string of the molecule is CC1(O)CCN(C(=O)C2CCN(C(=O)C3CC3)CC2)CC1. The van der Waals surface area contributed by atoms with Gasteiger partial charge in [-0.3, -0.25) is 9.59 Å². The molecule has 0 atom stereocenters. The van der Waals surface area contributed by atoms with E-state index in [2.05, 4.69) is 0 Å². The van der Waals surface area contributed by atoms with E-state index in [0.29, 0.717) is 31.8 Å². The smallest absolute Gasteiger partial charge is 0.225 e. The minimum absolute atomic E-state index is 0.0660. The Morgan fingerprint density at radius 1 is 0.857 bits per heavy atom. The number of carbonyl (C=O) groups excluding carboxylic acids is 2. The van der Waals surface area contributed by atoms with Crippen LogP contribution in [0, 0.1) is 11.8 Å². The standard InChI is InChI=1S/C16H26N2O3/c1-16(21)6-10-18(11-7-16)15(20)13-4-8-17(9-5-13)14(19)12-2-3-12/h12-13,21H,2-11H2,1H3. The molecular formula is C16H26N2O3. The first kappa shape index (κ1) is 14.8. The lowest BCUT2D eigenvalue weighted by Gasteiger charge is -2.39. The largest absolute Gasteiger partial charge is 0.390 e. The number of piperidine rings is 2. The fourth-order valence-corrected chi connectivity index (χ4v) is 3.40. The minimum Gasteiger partial charge on any atom is -0.390 e. The van der Waals surface area contributed by atoms with Crippen LogP contribution in [-0.4, -0.2) is 58.5 Å². The summed E-state index contributed by atoms with van der Waals surface area (Å²) in [4.78, 5) is 28.4. The van der Waals surface area contributed by atoms with E-state index < -0.39 is 5.60 Å². The molecule has 0 aromatic carbocycles. The molecule has 0 radical (unpaired) electrons. The van der Waals surface area contributed by atoms with E-state index in [9.17, 15) is 14.7 Å². The predicted molar refractivity (Wildman–Crippen MR) is 78.5 cm³/mol. The summed E-state index contributed by atoms with van der Waals surface area (Å²) in [5, 5.41) is 9.96. The molecule has 2 aliphatic heterocycles. The molecule has 1 N–H and O–H groups in total. The van der Waals surface area contributed by atoms with Crippen molar-refractivity contribution >= 4 is 11.8 Å². The van der Waals surface area contributed by atoms with Crippen LogP contribution >= 0.6 is 0 Å². The van der Waals surface area contributed by atoms with Crippen molar-refractivity contribution < 1.29 is 14.7 Å². The van der Waals surface area contributed by atoms with E-state index in [0.717, 1.165) is 38.8 Å². The molecule has 3 aliphatic rings. The molecule has 1 saturated carbocycles. The van der Waals surface area contributed by atoms with Crippen molar-refractivity contribution in [3.8, 4) is 0 Å². The van der Waals surface area contributed by atoms with Crippen molar-refractivity contribution in [2.45, 2.75) is 51.0 Å². The molecule has 0 aromatic heterocycles. The highest BCUT2D eigenvalue weighted by molar-refractivity contribution is 5.82. The lowest BCUT2D eigenvalue weighted by Crippen LogP contribution is -2.49. The van der Waals surface area contributed by atoms with Crippen molar-refractivity contribution in [2.24, 2.45) is 11.8 Å². The number of hydrogen-bond donors (Lipinski definition) is 1. The Kier molecular flexibility index (Phi) is 3.95. The first-order valence-electron chi connectivity index (χ1n) is 8.26. The zero-order chi connectivity index (χ0) is 15.0. The van der Waals surface area contributed by atoms with Gasteiger partial charge in [0.25, 0.3) is 0 Å². The average Bonchev–Trinajstić information content (AvgIpc) is 3.31. The molecule has 3 rings (SSSR count). The van der Waals surface area contributed by atoms with Crippen LogP contribution in [0.2, 0.25) is 0 Å². The molecule has 5 nitrogen and oxygen atoms in total. The monoisotopic (exact) mass is 294 g/mol. The summed E-state index contributed by atoms with van der Waals surface area (Å²) in [6.45, 7) is 4.63. The van der Waals surface area contributed by atoms with Crippen LogP contribution in [0.5, 0.6) is 0 Å². The van der Waals surface area contributed by atoms with E-state index in [-0.39, 0.29) is 17.7 Å². The van der Waals surface area contributed by atoms with E-state index in [1.54, 1.807) is 0 Å². The van der Waals surface area contributed by atoms with Gasteiger partial charge >= 0.3 is 0 Å². The van der Waals surface area contributed by atoms with Gasteiger partial charge in [-0.1, -0.05) is 0 Å². The van der Waals surface area contributed by atoms with Gasteiger partial charge in [0.15, 0.2) is 0 Å². The highest BCUT2D eigenvalue weighted by Crippen LogP contribution is 2.33. The maximum absolute atomic E-state index is 12.5. The molecule has 2 saturated heterocycles. The second-order valence-electron chi connectivity index (χ2n) is 7.20. The number of nitrogens with zero attached hydrogens (tertiary/aromatic N) is 2. The average molecular weight is 294 g/mol. The molecule has 0 bridgehead atoms. The molecule has 5 heteroatoms. The van der Waals surface area contributed by atoms with Crippen LogP contribution in [-0.2, 0) is 9.59 Å². The Bertz CT molecular complexity index is 413. The third-order valence-electron chi connectivity index (χ3n) is 5.23. The molecule has 118 valence electrons. The van der Waals surface area contributed by atoms with E-state index in [1.807, 2.05) is 16.7 Å². The number of rotatable bonds is 2. The van der Waals surface area contributed by atoms with Crippen LogP contribution < -0.4 is 0 Å². The first-order valence-corrected chi connectivity index (χ1v) is 8.26. The second kappa shape index (κ2) is 5.59. The summed E-state index contributed by atoms with van der Waals surface area (Å²) in [5.41, 5.74) is -0.614. The molecule has 3 fully saturated rings. The third kappa shape index (κ3) is 3.39. The van der Waals surface area contributed by atoms with E-state index in [4.69, 9.17) is 0 Å². The van der Waals surface area contributed by atoms with Gasteiger partial charge in [-0.15, -0.1) is 0 Å². The molecule has 0 unspecified atom stereocenters. The van der Waals surface area contributed by atoms with Crippen LogP contribution in [0.25, 0.3) is 0 Å². The van der Waals surface area contributed by atoms with Gasteiger partial charge in [0.2, 0.25) is 11.8 Å². The minimum atomic E-state index is -0.614. The lowest BCUT2D eigenvalue weighted by atomic mass is 9.90. The van der Waals surface area contributed by atoms with Gasteiger partial charge in [0.1, 0.15) is 0 Å². The van der Waals surface area contributed by atoms with Crippen molar-refractivity contribution in [1.29, 1.82) is 0 Å². The van der Waals surface area contributed by atoms with Crippen molar-refractivity contribution in [2.75, 3.05) is 26.2 Å². The Balaban J connectivity index is 1.47. The van der Waals surface area contributed by atoms with Gasteiger partial charge in [-0.25, -0.2) is 0 Å². The molecule has 1 aliphatic carbocycles. The van der Waals surface area contributed by atoms with Crippen molar-refractivity contribution in [3.05, 3.63) is 0 Å². The molecule has 21 heavy (non-hydrogen) atoms. The number of aliphatic hydroxyl groups is 1. The van der Waals surface area contributed by atoms with Crippen molar-refractivity contribution in [3.63, 3.8) is 0 Å². The number of amides is 2. The zero-order valence-corrected chi connectivity index (χ0v) is 12.9. The Morgan fingerprint density at radius 3 is 1.76 bits per heavy atom. The van der Waals surface area contributed by atoms with E-state index >= 15 is 0 Å². The summed E-state index contributed by atoms with van der Waals surface area (Å²) in [5.74, 6) is 0.872. The third-order valence-corrected chi connectivity index (χ3v) is 5.23. The number of carbonyl (C=O) groups is 2. The van der Waals surface area contributed by atoms with Gasteiger partial charge in [0.05, 0.1) is 5.60 Å². The van der Waals surface area contributed by atoms with Crippen LogP contribution in [0.4, 0.5) is 0 Å². The van der Waals surface area contributed by atoms with E-state index in [1.165, 1.54) is 0 Å². The summed E-state index contributed by atoms with van der Waals surface area (Å²) >= 11 is 0. The maximum atomic E-state index is 12.5. The summed E-state index contributed by atoms with van der Waals surface area (Å²) in [7, 11) is 0. The van der Waals surface area contributed by atoms with Crippen molar-refractivity contribution in [1.82, 2.24) is 9.80 Å². The highest BCUT2D eigenvalue weighted by atomic mass is 16.3. The fraction of sp³-hybridized carbons (Fsp3) is 0.875. The van der Waals surface area contributed by atoms with Crippen LogP contribution in [0.3, 0.4) is 0 Å². The quantitative estimate of drug-likeness (QED) is 0.827. The number of hydrogen-bond acceptors (Lipinski definition) is 3. The molecule has 0 spiro atoms. The topological polar surface area (TPSA) is 60.9 Å². The normalized spacial score (nSPS) is 26.8.